The van der Waals surface area contributed by atoms with Crippen LogP contribution in [0.3, 0.4) is 0 Å². The average Bonchev–Trinajstić information content (AvgIpc) is 3.37. The number of hydrogen-bond acceptors (Lipinski definition) is 6. The van der Waals surface area contributed by atoms with E-state index in [1.807, 2.05) is 13.8 Å². The average molecular weight is 427 g/mol. The zero-order chi connectivity index (χ0) is 20.3. The molecule has 1 atom stereocenters. The molecule has 1 saturated carbocycles. The number of halogens is 1. The topological polar surface area (TPSA) is 114 Å². The molecule has 152 valence electrons. The van der Waals surface area contributed by atoms with Gasteiger partial charge in [-0.3, -0.25) is 4.79 Å². The molecule has 0 radical (unpaired) electrons. The highest BCUT2D eigenvalue weighted by molar-refractivity contribution is 7.89. The van der Waals surface area contributed by atoms with Gasteiger partial charge in [-0.2, -0.15) is 4.98 Å². The summed E-state index contributed by atoms with van der Waals surface area (Å²) in [5.74, 6) is 1.16. The molecular formula is C18H23ClN4O4S. The van der Waals surface area contributed by atoms with Gasteiger partial charge in [-0.05, 0) is 37.0 Å². The normalized spacial score (nSPS) is 15.6. The second kappa shape index (κ2) is 8.59. The van der Waals surface area contributed by atoms with Gasteiger partial charge in [0.1, 0.15) is 6.04 Å². The zero-order valence-corrected chi connectivity index (χ0v) is 17.3. The second-order valence-corrected chi connectivity index (χ2v) is 9.36. The van der Waals surface area contributed by atoms with E-state index in [2.05, 4.69) is 20.2 Å². The van der Waals surface area contributed by atoms with Crippen LogP contribution in [0, 0.1) is 5.92 Å². The maximum atomic E-state index is 12.3. The lowest BCUT2D eigenvalue weighted by atomic mass is 10.0. The number of amides is 1. The van der Waals surface area contributed by atoms with E-state index < -0.39 is 16.1 Å². The van der Waals surface area contributed by atoms with Crippen molar-refractivity contribution in [1.29, 1.82) is 0 Å². The summed E-state index contributed by atoms with van der Waals surface area (Å²) in [5.41, 5.74) is 0. The quantitative estimate of drug-likeness (QED) is 0.637. The van der Waals surface area contributed by atoms with Crippen LogP contribution in [-0.4, -0.2) is 31.0 Å². The fourth-order valence-corrected chi connectivity index (χ4v) is 3.99. The van der Waals surface area contributed by atoms with Crippen LogP contribution in [0.1, 0.15) is 56.8 Å². The van der Waals surface area contributed by atoms with Crippen LogP contribution >= 0.6 is 11.6 Å². The Bertz CT molecular complexity index is 941. The van der Waals surface area contributed by atoms with Crippen molar-refractivity contribution in [2.24, 2.45) is 5.92 Å². The molecule has 1 aliphatic rings. The first-order chi connectivity index (χ1) is 13.3. The lowest BCUT2D eigenvalue weighted by molar-refractivity contribution is -0.122. The van der Waals surface area contributed by atoms with Gasteiger partial charge < -0.3 is 9.84 Å². The molecule has 0 bridgehead atoms. The Balaban J connectivity index is 1.54. The number of nitrogens with one attached hydrogen (secondary N) is 2. The zero-order valence-electron chi connectivity index (χ0n) is 15.7. The van der Waals surface area contributed by atoms with Crippen molar-refractivity contribution in [2.75, 3.05) is 6.54 Å². The molecule has 3 rings (SSSR count). The van der Waals surface area contributed by atoms with Gasteiger partial charge in [0.15, 0.2) is 5.82 Å². The highest BCUT2D eigenvalue weighted by Crippen LogP contribution is 2.38. The molecule has 1 unspecified atom stereocenters. The van der Waals surface area contributed by atoms with Crippen LogP contribution in [0.4, 0.5) is 0 Å². The fourth-order valence-electron chi connectivity index (χ4n) is 2.66. The van der Waals surface area contributed by atoms with Crippen LogP contribution in [0.5, 0.6) is 0 Å². The predicted molar refractivity (Wildman–Crippen MR) is 103 cm³/mol. The summed E-state index contributed by atoms with van der Waals surface area (Å²) < 4.78 is 32.2. The minimum absolute atomic E-state index is 0.0212. The summed E-state index contributed by atoms with van der Waals surface area (Å²) in [4.78, 5) is 16.8. The highest BCUT2D eigenvalue weighted by Gasteiger charge is 2.31. The second-order valence-electron chi connectivity index (χ2n) is 7.16. The molecule has 8 nitrogen and oxygen atoms in total. The van der Waals surface area contributed by atoms with Crippen molar-refractivity contribution >= 4 is 27.5 Å². The minimum atomic E-state index is -3.73. The van der Waals surface area contributed by atoms with E-state index in [0.717, 1.165) is 12.8 Å². The Morgan fingerprint density at radius 3 is 2.75 bits per heavy atom. The van der Waals surface area contributed by atoms with Crippen LogP contribution in [-0.2, 0) is 14.8 Å². The molecule has 1 fully saturated rings. The Hall–Kier alpha value is -1.97. The molecule has 2 aromatic rings. The van der Waals surface area contributed by atoms with Gasteiger partial charge in [-0.1, -0.05) is 36.7 Å². The van der Waals surface area contributed by atoms with E-state index in [9.17, 15) is 13.2 Å². The van der Waals surface area contributed by atoms with Crippen molar-refractivity contribution in [3.63, 3.8) is 0 Å². The summed E-state index contributed by atoms with van der Waals surface area (Å²) in [6, 6.07) is 5.52. The third-order valence-corrected chi connectivity index (χ3v) is 6.09. The van der Waals surface area contributed by atoms with Crippen LogP contribution < -0.4 is 10.0 Å². The van der Waals surface area contributed by atoms with E-state index in [0.29, 0.717) is 22.7 Å². The number of sulfonamides is 1. The standard InChI is InChI=1S/C18H23ClN4O4S/c1-11(2)16(18-22-17(23-27-18)12-6-7-12)21-15(24)8-9-20-28(25,26)14-5-3-4-13(19)10-14/h3-5,10-12,16,20H,6-9H2,1-2H3,(H,21,24). The molecule has 1 aromatic heterocycles. The lowest BCUT2D eigenvalue weighted by Crippen LogP contribution is -2.35. The number of carbonyl (C=O) groups is 1. The SMILES string of the molecule is CC(C)C(NC(=O)CCNS(=O)(=O)c1cccc(Cl)c1)c1nc(C2CC2)no1. The third-order valence-electron chi connectivity index (χ3n) is 4.40. The van der Waals surface area contributed by atoms with Crippen LogP contribution in [0.15, 0.2) is 33.7 Å². The fraction of sp³-hybridized carbons (Fsp3) is 0.500. The van der Waals surface area contributed by atoms with Gasteiger partial charge in [-0.15, -0.1) is 0 Å². The first-order valence-corrected chi connectivity index (χ1v) is 11.0. The van der Waals surface area contributed by atoms with Gasteiger partial charge in [0.2, 0.25) is 21.8 Å². The highest BCUT2D eigenvalue weighted by atomic mass is 35.5. The maximum Gasteiger partial charge on any atom is 0.249 e. The number of nitrogens with zero attached hydrogens (tertiary/aromatic N) is 2. The molecule has 1 amide bonds. The lowest BCUT2D eigenvalue weighted by Gasteiger charge is -2.18. The first-order valence-electron chi connectivity index (χ1n) is 9.14. The van der Waals surface area contributed by atoms with Crippen molar-refractivity contribution < 1.29 is 17.7 Å². The summed E-state index contributed by atoms with van der Waals surface area (Å²) in [6.45, 7) is 3.84. The molecule has 1 heterocycles. The molecular weight excluding hydrogens is 404 g/mol. The Morgan fingerprint density at radius 2 is 2.11 bits per heavy atom. The Labute approximate surface area is 169 Å². The Kier molecular flexibility index (Phi) is 6.36. The van der Waals surface area contributed by atoms with E-state index in [1.165, 1.54) is 12.1 Å². The molecule has 1 aliphatic carbocycles. The summed E-state index contributed by atoms with van der Waals surface area (Å²) in [5, 5.41) is 7.16. The molecule has 2 N–H and O–H groups in total. The van der Waals surface area contributed by atoms with Crippen molar-refractivity contribution in [3.05, 3.63) is 41.0 Å². The molecule has 1 aromatic carbocycles. The monoisotopic (exact) mass is 426 g/mol. The number of benzene rings is 1. The summed E-state index contributed by atoms with van der Waals surface area (Å²) in [6.07, 6.45) is 2.10. The summed E-state index contributed by atoms with van der Waals surface area (Å²) in [7, 11) is -3.73. The number of carbonyl (C=O) groups excluding carboxylic acids is 1. The van der Waals surface area contributed by atoms with E-state index in [1.54, 1.807) is 12.1 Å². The third kappa shape index (κ3) is 5.30. The maximum absolute atomic E-state index is 12.3. The molecule has 10 heteroatoms. The molecule has 0 saturated heterocycles. The van der Waals surface area contributed by atoms with Crippen LogP contribution in [0.2, 0.25) is 5.02 Å². The smallest absolute Gasteiger partial charge is 0.249 e. The van der Waals surface area contributed by atoms with Gasteiger partial charge in [0, 0.05) is 23.9 Å². The largest absolute Gasteiger partial charge is 0.344 e. The molecule has 0 spiro atoms. The predicted octanol–water partition coefficient (Wildman–Crippen LogP) is 2.78. The van der Waals surface area contributed by atoms with Crippen molar-refractivity contribution in [3.8, 4) is 0 Å². The number of aromatic nitrogens is 2. The van der Waals surface area contributed by atoms with Gasteiger partial charge >= 0.3 is 0 Å². The van der Waals surface area contributed by atoms with Gasteiger partial charge in [0.25, 0.3) is 0 Å². The van der Waals surface area contributed by atoms with Crippen molar-refractivity contribution in [1.82, 2.24) is 20.2 Å². The number of hydrogen-bond donors (Lipinski definition) is 2. The first kappa shape index (κ1) is 20.8. The Morgan fingerprint density at radius 1 is 1.36 bits per heavy atom. The minimum Gasteiger partial charge on any atom is -0.344 e. The molecule has 28 heavy (non-hydrogen) atoms. The number of rotatable bonds is 9. The van der Waals surface area contributed by atoms with E-state index in [4.69, 9.17) is 16.1 Å². The molecule has 0 aliphatic heterocycles. The van der Waals surface area contributed by atoms with Gasteiger partial charge in [0.05, 0.1) is 4.90 Å². The van der Waals surface area contributed by atoms with Crippen molar-refractivity contribution in [2.45, 2.75) is 50.0 Å². The van der Waals surface area contributed by atoms with E-state index >= 15 is 0 Å². The van der Waals surface area contributed by atoms with Gasteiger partial charge in [-0.25, -0.2) is 13.1 Å². The van der Waals surface area contributed by atoms with E-state index in [-0.39, 0.29) is 29.7 Å². The van der Waals surface area contributed by atoms with Crippen LogP contribution in [0.25, 0.3) is 0 Å². The summed E-state index contributed by atoms with van der Waals surface area (Å²) >= 11 is 5.83.